The largest absolute Gasteiger partial charge is 0.478 e. The number of amides is 1. The molecule has 9 nitrogen and oxygen atoms in total. The van der Waals surface area contributed by atoms with Crippen molar-refractivity contribution < 1.29 is 28.7 Å². The molecule has 8 rings (SSSR count). The number of benzene rings is 2. The molecule has 1 N–H and O–H groups in total. The number of thiazole rings is 1. The van der Waals surface area contributed by atoms with Gasteiger partial charge in [0.15, 0.2) is 5.13 Å². The standard InChI is InChI=1S/C32H29Cl2N3O6S/c33-22-2-1-3-23(34)26(22)28-21(29(43-36-28)16-4-5-16)14-42-24-13-18-12-20(24)30(38)37(18)32-35-27-19(15-6-8-41-9-7-15)10-17(31(39)40)11-25(27)44-32/h1-3,10-11,15-16,18,20,24H,4-9,12-14H2,(H,39,40)/t18-,20+,24+/m0/s1. The Bertz CT molecular complexity index is 1780. The number of anilines is 1. The minimum Gasteiger partial charge on any atom is -0.478 e. The first-order chi connectivity index (χ1) is 21.4. The molecule has 2 aromatic carbocycles. The SMILES string of the molecule is O=C(O)c1cc(C2CCOCC2)c2nc(N3C(=O)[C@@H]4C[C@H]3C[C@H]4OCc3c(-c4c(Cl)cccc4Cl)noc3C3CC3)sc2c1. The number of rotatable bonds is 8. The molecular formula is C32H29Cl2N3O6S. The van der Waals surface area contributed by atoms with Crippen molar-refractivity contribution in [2.75, 3.05) is 18.1 Å². The fourth-order valence-electron chi connectivity index (χ4n) is 7.07. The van der Waals surface area contributed by atoms with Gasteiger partial charge >= 0.3 is 5.97 Å². The van der Waals surface area contributed by atoms with E-state index in [9.17, 15) is 14.7 Å². The fraction of sp³-hybridized carbons (Fsp3) is 0.438. The molecule has 0 unspecified atom stereocenters. The molecule has 44 heavy (non-hydrogen) atoms. The number of piperidine rings is 1. The Labute approximate surface area is 267 Å². The second-order valence-electron chi connectivity index (χ2n) is 12.1. The Kier molecular flexibility index (Phi) is 7.18. The zero-order valence-electron chi connectivity index (χ0n) is 23.6. The molecule has 2 saturated heterocycles. The maximum absolute atomic E-state index is 13.8. The number of carboxylic acids is 1. The highest BCUT2D eigenvalue weighted by atomic mass is 35.5. The smallest absolute Gasteiger partial charge is 0.335 e. The quantitative estimate of drug-likeness (QED) is 0.209. The van der Waals surface area contributed by atoms with Gasteiger partial charge in [-0.15, -0.1) is 0 Å². The van der Waals surface area contributed by atoms with Gasteiger partial charge < -0.3 is 19.1 Å². The highest BCUT2D eigenvalue weighted by molar-refractivity contribution is 7.22. The molecular weight excluding hydrogens is 625 g/mol. The summed E-state index contributed by atoms with van der Waals surface area (Å²) in [6.45, 7) is 1.53. The summed E-state index contributed by atoms with van der Waals surface area (Å²) in [6.07, 6.45) is 4.83. The molecule has 2 bridgehead atoms. The normalized spacial score (nSPS) is 23.7. The summed E-state index contributed by atoms with van der Waals surface area (Å²) in [5, 5.41) is 15.7. The van der Waals surface area contributed by atoms with E-state index in [4.69, 9.17) is 42.2 Å². The monoisotopic (exact) mass is 653 g/mol. The van der Waals surface area contributed by atoms with E-state index in [0.29, 0.717) is 58.4 Å². The van der Waals surface area contributed by atoms with Crippen LogP contribution in [0.4, 0.5) is 5.13 Å². The van der Waals surface area contributed by atoms with Crippen molar-refractivity contribution in [3.8, 4) is 11.3 Å². The molecule has 12 heteroatoms. The predicted octanol–water partition coefficient (Wildman–Crippen LogP) is 7.44. The van der Waals surface area contributed by atoms with Crippen LogP contribution in [-0.4, -0.2) is 52.5 Å². The summed E-state index contributed by atoms with van der Waals surface area (Å²) in [5.41, 5.74) is 4.02. The van der Waals surface area contributed by atoms with E-state index in [-0.39, 0.29) is 42.1 Å². The van der Waals surface area contributed by atoms with E-state index < -0.39 is 5.97 Å². The van der Waals surface area contributed by atoms with Crippen molar-refractivity contribution in [2.24, 2.45) is 5.92 Å². The molecule has 4 heterocycles. The van der Waals surface area contributed by atoms with Gasteiger partial charge in [-0.2, -0.15) is 0 Å². The number of carbonyl (C=O) groups excluding carboxylic acids is 1. The Hall–Kier alpha value is -3.02. The van der Waals surface area contributed by atoms with Crippen LogP contribution in [0.2, 0.25) is 10.0 Å². The lowest BCUT2D eigenvalue weighted by Gasteiger charge is -2.29. The fourth-order valence-corrected chi connectivity index (χ4v) is 8.76. The van der Waals surface area contributed by atoms with Crippen molar-refractivity contribution in [2.45, 2.75) is 69.1 Å². The van der Waals surface area contributed by atoms with Gasteiger partial charge in [0.1, 0.15) is 11.5 Å². The zero-order chi connectivity index (χ0) is 30.1. The predicted molar refractivity (Wildman–Crippen MR) is 166 cm³/mol. The van der Waals surface area contributed by atoms with Gasteiger partial charge in [-0.3, -0.25) is 9.69 Å². The van der Waals surface area contributed by atoms with Crippen LogP contribution in [0.1, 0.15) is 77.6 Å². The molecule has 2 saturated carbocycles. The van der Waals surface area contributed by atoms with Crippen LogP contribution in [0.5, 0.6) is 0 Å². The average molecular weight is 655 g/mol. The molecule has 3 atom stereocenters. The van der Waals surface area contributed by atoms with Gasteiger partial charge in [0, 0.05) is 36.3 Å². The zero-order valence-corrected chi connectivity index (χ0v) is 26.0. The number of carbonyl (C=O) groups is 2. The second-order valence-corrected chi connectivity index (χ2v) is 14.0. The van der Waals surface area contributed by atoms with E-state index in [1.54, 1.807) is 30.3 Å². The van der Waals surface area contributed by atoms with Crippen LogP contribution >= 0.6 is 34.5 Å². The molecule has 1 amide bonds. The van der Waals surface area contributed by atoms with Crippen LogP contribution in [0, 0.1) is 5.92 Å². The highest BCUT2D eigenvalue weighted by Crippen LogP contribution is 2.49. The molecule has 2 aromatic heterocycles. The van der Waals surface area contributed by atoms with E-state index in [1.165, 1.54) is 11.3 Å². The topological polar surface area (TPSA) is 115 Å². The lowest BCUT2D eigenvalue weighted by molar-refractivity contribution is -0.126. The number of aromatic carboxylic acids is 1. The van der Waals surface area contributed by atoms with Gasteiger partial charge in [0.05, 0.1) is 44.5 Å². The van der Waals surface area contributed by atoms with E-state index in [1.807, 2.05) is 4.90 Å². The number of hydrogen-bond acceptors (Lipinski definition) is 8. The summed E-state index contributed by atoms with van der Waals surface area (Å²) < 4.78 is 18.6. The maximum atomic E-state index is 13.8. The van der Waals surface area contributed by atoms with E-state index in [2.05, 4.69) is 5.16 Å². The van der Waals surface area contributed by atoms with Gasteiger partial charge in [-0.25, -0.2) is 9.78 Å². The molecule has 2 aliphatic carbocycles. The minimum atomic E-state index is -0.968. The first-order valence-corrected chi connectivity index (χ1v) is 16.6. The van der Waals surface area contributed by atoms with Crippen molar-refractivity contribution in [1.82, 2.24) is 10.1 Å². The third-order valence-electron chi connectivity index (χ3n) is 9.43. The summed E-state index contributed by atoms with van der Waals surface area (Å²) >= 11 is 14.4. The van der Waals surface area contributed by atoms with Crippen LogP contribution in [0.15, 0.2) is 34.9 Å². The lowest BCUT2D eigenvalue weighted by Crippen LogP contribution is -2.43. The van der Waals surface area contributed by atoms with Crippen molar-refractivity contribution >= 4 is 61.8 Å². The summed E-state index contributed by atoms with van der Waals surface area (Å²) in [4.78, 5) is 32.5. The summed E-state index contributed by atoms with van der Waals surface area (Å²) in [5.74, 6) is 0.0332. The lowest BCUT2D eigenvalue weighted by atomic mass is 9.90. The maximum Gasteiger partial charge on any atom is 0.335 e. The minimum absolute atomic E-state index is 0.00140. The van der Waals surface area contributed by atoms with E-state index in [0.717, 1.165) is 52.8 Å². The number of halogens is 2. The Balaban J connectivity index is 1.04. The molecule has 4 fully saturated rings. The molecule has 4 aromatic rings. The van der Waals surface area contributed by atoms with Gasteiger partial charge in [0.25, 0.3) is 0 Å². The van der Waals surface area contributed by atoms with E-state index >= 15 is 0 Å². The Morgan fingerprint density at radius 2 is 1.86 bits per heavy atom. The number of nitrogens with zero attached hydrogens (tertiary/aromatic N) is 3. The third-order valence-corrected chi connectivity index (χ3v) is 11.1. The van der Waals surface area contributed by atoms with Crippen LogP contribution in [0.3, 0.4) is 0 Å². The number of carboxylic acid groups (broad SMARTS) is 1. The second kappa shape index (κ2) is 11.1. The number of hydrogen-bond donors (Lipinski definition) is 1. The molecule has 0 spiro atoms. The van der Waals surface area contributed by atoms with Crippen LogP contribution in [-0.2, 0) is 20.9 Å². The van der Waals surface area contributed by atoms with Crippen LogP contribution < -0.4 is 4.90 Å². The molecule has 0 radical (unpaired) electrons. The molecule has 2 aliphatic heterocycles. The number of aromatic nitrogens is 2. The first-order valence-electron chi connectivity index (χ1n) is 15.0. The van der Waals surface area contributed by atoms with Crippen LogP contribution in [0.25, 0.3) is 21.5 Å². The van der Waals surface area contributed by atoms with Gasteiger partial charge in [-0.1, -0.05) is 45.8 Å². The van der Waals surface area contributed by atoms with Crippen molar-refractivity contribution in [3.05, 3.63) is 62.8 Å². The van der Waals surface area contributed by atoms with Crippen molar-refractivity contribution in [3.63, 3.8) is 0 Å². The molecule has 4 aliphatic rings. The van der Waals surface area contributed by atoms with Crippen molar-refractivity contribution in [1.29, 1.82) is 0 Å². The Morgan fingerprint density at radius 3 is 2.57 bits per heavy atom. The number of fused-ring (bicyclic) bond motifs is 3. The summed E-state index contributed by atoms with van der Waals surface area (Å²) in [7, 11) is 0. The molecule has 228 valence electrons. The van der Waals surface area contributed by atoms with Gasteiger partial charge in [-0.05, 0) is 74.3 Å². The highest BCUT2D eigenvalue weighted by Gasteiger charge is 2.53. The first kappa shape index (κ1) is 28.5. The summed E-state index contributed by atoms with van der Waals surface area (Å²) in [6, 6.07) is 8.73. The Morgan fingerprint density at radius 1 is 1.09 bits per heavy atom. The third kappa shape index (κ3) is 4.82. The average Bonchev–Trinajstić information content (AvgIpc) is 3.31. The number of ether oxygens (including phenoxy) is 2. The van der Waals surface area contributed by atoms with Gasteiger partial charge in [0.2, 0.25) is 5.91 Å².